The molecule has 0 atom stereocenters. The Morgan fingerprint density at radius 1 is 1.27 bits per heavy atom. The average Bonchev–Trinajstić information content (AvgIpc) is 2.37. The molecule has 3 heteroatoms. The third kappa shape index (κ3) is 2.19. The average molecular weight is 175 g/mol. The van der Waals surface area contributed by atoms with Crippen molar-refractivity contribution in [3.63, 3.8) is 0 Å². The molecule has 0 aromatic carbocycles. The van der Waals surface area contributed by atoms with E-state index in [-0.39, 0.29) is 11.0 Å². The molecule has 1 fully saturated rings. The molecule has 0 amide bonds. The molecule has 1 aliphatic rings. The summed E-state index contributed by atoms with van der Waals surface area (Å²) in [5, 5.41) is -0.0377. The molecular formula is C8H15O2S. The molecule has 0 bridgehead atoms. The van der Waals surface area contributed by atoms with E-state index in [9.17, 15) is 8.42 Å². The lowest BCUT2D eigenvalue weighted by Gasteiger charge is -2.08. The van der Waals surface area contributed by atoms with Crippen molar-refractivity contribution in [2.75, 3.05) is 5.75 Å². The maximum atomic E-state index is 11.4. The molecule has 65 valence electrons. The van der Waals surface area contributed by atoms with Gasteiger partial charge in [-0.1, -0.05) is 19.8 Å². The lowest BCUT2D eigenvalue weighted by atomic mass is 10.4. The summed E-state index contributed by atoms with van der Waals surface area (Å²) in [6.07, 6.45) is 4.44. The second-order valence-electron chi connectivity index (χ2n) is 3.13. The Bertz CT molecular complexity index is 200. The zero-order valence-electron chi connectivity index (χ0n) is 6.75. The molecule has 11 heavy (non-hydrogen) atoms. The molecule has 1 radical (unpaired) electrons. The van der Waals surface area contributed by atoms with Crippen molar-refractivity contribution >= 4 is 9.84 Å². The number of rotatable bonds is 3. The third-order valence-corrected chi connectivity index (χ3v) is 4.58. The minimum atomic E-state index is -2.77. The third-order valence-electron chi connectivity index (χ3n) is 2.24. The van der Waals surface area contributed by atoms with E-state index in [4.69, 9.17) is 0 Å². The predicted octanol–water partition coefficient (Wildman–Crippen LogP) is 1.57. The molecule has 2 nitrogen and oxygen atoms in total. The topological polar surface area (TPSA) is 34.1 Å². The zero-order valence-corrected chi connectivity index (χ0v) is 7.57. The lowest BCUT2D eigenvalue weighted by Crippen LogP contribution is -2.20. The van der Waals surface area contributed by atoms with Crippen molar-refractivity contribution in [3.8, 4) is 0 Å². The van der Waals surface area contributed by atoms with Gasteiger partial charge in [0.15, 0.2) is 9.84 Å². The van der Waals surface area contributed by atoms with Crippen molar-refractivity contribution in [2.24, 2.45) is 0 Å². The van der Waals surface area contributed by atoms with Crippen LogP contribution in [0.3, 0.4) is 0 Å². The van der Waals surface area contributed by atoms with Crippen molar-refractivity contribution in [2.45, 2.75) is 37.4 Å². The molecule has 1 aliphatic carbocycles. The van der Waals surface area contributed by atoms with Crippen molar-refractivity contribution in [1.29, 1.82) is 0 Å². The van der Waals surface area contributed by atoms with Crippen LogP contribution in [0, 0.1) is 6.92 Å². The summed E-state index contributed by atoms with van der Waals surface area (Å²) in [5.74, 6) is 0.275. The molecular weight excluding hydrogens is 160 g/mol. The Balaban J connectivity index is 2.56. The molecule has 0 aliphatic heterocycles. The maximum Gasteiger partial charge on any atom is 0.153 e. The fraction of sp³-hybridized carbons (Fsp3) is 0.875. The van der Waals surface area contributed by atoms with Crippen molar-refractivity contribution in [3.05, 3.63) is 6.92 Å². The van der Waals surface area contributed by atoms with Gasteiger partial charge in [-0.15, -0.1) is 0 Å². The summed E-state index contributed by atoms with van der Waals surface area (Å²) in [4.78, 5) is 0. The van der Waals surface area contributed by atoms with Gasteiger partial charge in [0.1, 0.15) is 0 Å². The van der Waals surface area contributed by atoms with Crippen LogP contribution in [-0.4, -0.2) is 19.4 Å². The molecule has 0 unspecified atom stereocenters. The molecule has 0 saturated heterocycles. The van der Waals surface area contributed by atoms with Crippen LogP contribution in [0.2, 0.25) is 0 Å². The number of hydrogen-bond donors (Lipinski definition) is 0. The predicted molar refractivity (Wildman–Crippen MR) is 46.0 cm³/mol. The van der Waals surface area contributed by atoms with Crippen LogP contribution in [0.1, 0.15) is 32.1 Å². The van der Waals surface area contributed by atoms with E-state index >= 15 is 0 Å². The normalized spacial score (nSPS) is 20.8. The smallest absolute Gasteiger partial charge is 0.153 e. The summed E-state index contributed by atoms with van der Waals surface area (Å²) in [6, 6.07) is 0. The van der Waals surface area contributed by atoms with Gasteiger partial charge in [-0.05, 0) is 19.3 Å². The maximum absolute atomic E-state index is 11.4. The van der Waals surface area contributed by atoms with Crippen molar-refractivity contribution in [1.82, 2.24) is 0 Å². The van der Waals surface area contributed by atoms with E-state index < -0.39 is 9.84 Å². The summed E-state index contributed by atoms with van der Waals surface area (Å²) in [6.45, 7) is 3.56. The van der Waals surface area contributed by atoms with Crippen LogP contribution in [0.5, 0.6) is 0 Å². The Morgan fingerprint density at radius 3 is 2.27 bits per heavy atom. The van der Waals surface area contributed by atoms with Crippen LogP contribution in [0.15, 0.2) is 0 Å². The highest BCUT2D eigenvalue weighted by molar-refractivity contribution is 7.92. The first-order chi connectivity index (χ1) is 5.17. The van der Waals surface area contributed by atoms with Gasteiger partial charge < -0.3 is 0 Å². The standard InChI is InChI=1S/C8H15O2S/c1-2-7-11(9,10)8-5-3-4-6-8/h8H,1-7H2. The van der Waals surface area contributed by atoms with Gasteiger partial charge >= 0.3 is 0 Å². The molecule has 0 heterocycles. The first-order valence-corrected chi connectivity index (χ1v) is 5.89. The SMILES string of the molecule is [CH2]CCS(=O)(=O)C1CCCC1. The first-order valence-electron chi connectivity index (χ1n) is 4.17. The summed E-state index contributed by atoms with van der Waals surface area (Å²) in [5.41, 5.74) is 0. The van der Waals surface area contributed by atoms with Crippen LogP contribution >= 0.6 is 0 Å². The van der Waals surface area contributed by atoms with E-state index in [1.54, 1.807) is 0 Å². The van der Waals surface area contributed by atoms with Gasteiger partial charge in [0.2, 0.25) is 0 Å². The highest BCUT2D eigenvalue weighted by Gasteiger charge is 2.27. The van der Waals surface area contributed by atoms with Crippen molar-refractivity contribution < 1.29 is 8.42 Å². The van der Waals surface area contributed by atoms with Gasteiger partial charge in [-0.25, -0.2) is 8.42 Å². The van der Waals surface area contributed by atoms with Crippen LogP contribution in [-0.2, 0) is 9.84 Å². The second-order valence-corrected chi connectivity index (χ2v) is 5.53. The molecule has 1 saturated carbocycles. The molecule has 0 N–H and O–H groups in total. The monoisotopic (exact) mass is 175 g/mol. The Hall–Kier alpha value is -0.0500. The van der Waals surface area contributed by atoms with Gasteiger partial charge in [-0.2, -0.15) is 0 Å². The Labute approximate surface area is 68.9 Å². The zero-order chi connectivity index (χ0) is 8.32. The van der Waals surface area contributed by atoms with Crippen LogP contribution < -0.4 is 0 Å². The molecule has 0 aromatic rings. The molecule has 0 aromatic heterocycles. The van der Waals surface area contributed by atoms with Crippen LogP contribution in [0.25, 0.3) is 0 Å². The van der Waals surface area contributed by atoms with E-state index in [1.807, 2.05) is 0 Å². The van der Waals surface area contributed by atoms with Gasteiger partial charge in [-0.3, -0.25) is 0 Å². The fourth-order valence-corrected chi connectivity index (χ4v) is 3.40. The minimum absolute atomic E-state index is 0.0377. The Kier molecular flexibility index (Phi) is 2.93. The highest BCUT2D eigenvalue weighted by atomic mass is 32.2. The van der Waals surface area contributed by atoms with E-state index in [2.05, 4.69) is 6.92 Å². The number of hydrogen-bond acceptors (Lipinski definition) is 2. The minimum Gasteiger partial charge on any atom is -0.229 e. The van der Waals surface area contributed by atoms with Gasteiger partial charge in [0, 0.05) is 0 Å². The summed E-state index contributed by atoms with van der Waals surface area (Å²) in [7, 11) is -2.77. The fourth-order valence-electron chi connectivity index (χ4n) is 1.62. The Morgan fingerprint density at radius 2 is 1.82 bits per heavy atom. The van der Waals surface area contributed by atoms with E-state index in [0.717, 1.165) is 25.7 Å². The molecule has 0 spiro atoms. The largest absolute Gasteiger partial charge is 0.229 e. The van der Waals surface area contributed by atoms with Gasteiger partial charge in [0.25, 0.3) is 0 Å². The lowest BCUT2D eigenvalue weighted by molar-refractivity contribution is 0.579. The van der Waals surface area contributed by atoms with Gasteiger partial charge in [0.05, 0.1) is 11.0 Å². The van der Waals surface area contributed by atoms with Crippen LogP contribution in [0.4, 0.5) is 0 Å². The summed E-state index contributed by atoms with van der Waals surface area (Å²) >= 11 is 0. The first kappa shape index (κ1) is 9.04. The quantitative estimate of drug-likeness (QED) is 0.652. The van der Waals surface area contributed by atoms with E-state index in [1.165, 1.54) is 0 Å². The molecule has 1 rings (SSSR count). The number of sulfone groups is 1. The van der Waals surface area contributed by atoms with E-state index in [0.29, 0.717) is 6.42 Å². The second kappa shape index (κ2) is 3.57. The summed E-state index contributed by atoms with van der Waals surface area (Å²) < 4.78 is 22.8. The highest BCUT2D eigenvalue weighted by Crippen LogP contribution is 2.25.